The Morgan fingerprint density at radius 3 is 2.23 bits per heavy atom. The third-order valence-corrected chi connectivity index (χ3v) is 5.86. The van der Waals surface area contributed by atoms with Crippen LogP contribution < -0.4 is 4.90 Å². The average Bonchev–Trinajstić information content (AvgIpc) is 2.97. The number of carbonyl (C=O) groups is 2. The zero-order valence-electron chi connectivity index (χ0n) is 17.9. The van der Waals surface area contributed by atoms with Crippen LogP contribution in [0, 0.1) is 29.9 Å². The van der Waals surface area contributed by atoms with Crippen LogP contribution in [0.5, 0.6) is 0 Å². The minimum absolute atomic E-state index is 0.0552. The fraction of sp³-hybridized carbons (Fsp3) is 0.333. The number of anilines is 1. The summed E-state index contributed by atoms with van der Waals surface area (Å²) in [5, 5.41) is 11.1. The van der Waals surface area contributed by atoms with Gasteiger partial charge in [0.2, 0.25) is 0 Å². The van der Waals surface area contributed by atoms with Crippen LogP contribution in [0.4, 0.5) is 11.4 Å². The standard InChI is InChI=1S/C24H25N3O4/c1-15-5-4-10-25(14-15)22-21(18-6-8-19(9-7-18)27(30)31)23(28)26(24(22)29)20-12-16(2)11-17(3)13-20/h6-9,11-13,15H,4-5,10,14H2,1-3H3. The average molecular weight is 419 g/mol. The number of benzene rings is 2. The van der Waals surface area contributed by atoms with Crippen LogP contribution in [0.3, 0.4) is 0 Å². The predicted octanol–water partition coefficient (Wildman–Crippen LogP) is 4.23. The summed E-state index contributed by atoms with van der Waals surface area (Å²) in [6, 6.07) is 11.5. The number of likely N-dealkylation sites (tertiary alicyclic amines) is 1. The SMILES string of the molecule is Cc1cc(C)cc(N2C(=O)C(c3ccc([N+](=O)[O-])cc3)=C(N3CCCC(C)C3)C2=O)c1. The number of nitro benzene ring substituents is 1. The van der Waals surface area contributed by atoms with Crippen LogP contribution in [-0.4, -0.2) is 34.7 Å². The van der Waals surface area contributed by atoms with E-state index in [0.29, 0.717) is 41.5 Å². The Morgan fingerprint density at radius 2 is 1.65 bits per heavy atom. The number of carbonyl (C=O) groups excluding carboxylic acids is 2. The molecule has 160 valence electrons. The second-order valence-electron chi connectivity index (χ2n) is 8.51. The molecule has 7 nitrogen and oxygen atoms in total. The molecule has 1 unspecified atom stereocenters. The second kappa shape index (κ2) is 7.98. The molecular formula is C24H25N3O4. The first-order valence-electron chi connectivity index (χ1n) is 10.5. The van der Waals surface area contributed by atoms with Gasteiger partial charge in [0.05, 0.1) is 16.2 Å². The first-order chi connectivity index (χ1) is 14.8. The van der Waals surface area contributed by atoms with E-state index >= 15 is 0 Å². The van der Waals surface area contributed by atoms with Gasteiger partial charge in [-0.2, -0.15) is 0 Å². The van der Waals surface area contributed by atoms with E-state index in [4.69, 9.17) is 0 Å². The van der Waals surface area contributed by atoms with Crippen LogP contribution in [0.25, 0.3) is 5.57 Å². The number of nitrogens with zero attached hydrogens (tertiary/aromatic N) is 3. The highest BCUT2D eigenvalue weighted by atomic mass is 16.6. The van der Waals surface area contributed by atoms with Gasteiger partial charge in [0.25, 0.3) is 17.5 Å². The molecule has 1 fully saturated rings. The molecule has 0 aliphatic carbocycles. The lowest BCUT2D eigenvalue weighted by molar-refractivity contribution is -0.384. The smallest absolute Gasteiger partial charge is 0.282 e. The normalized spacial score (nSPS) is 19.4. The molecule has 2 aliphatic rings. The largest absolute Gasteiger partial charge is 0.366 e. The lowest BCUT2D eigenvalue weighted by Crippen LogP contribution is -2.39. The number of rotatable bonds is 4. The van der Waals surface area contributed by atoms with Crippen LogP contribution in [0.2, 0.25) is 0 Å². The maximum atomic E-state index is 13.6. The van der Waals surface area contributed by atoms with Crippen molar-refractivity contribution in [1.82, 2.24) is 4.90 Å². The number of aryl methyl sites for hydroxylation is 2. The lowest BCUT2D eigenvalue weighted by atomic mass is 9.97. The van der Waals surface area contributed by atoms with Crippen molar-refractivity contribution in [1.29, 1.82) is 0 Å². The zero-order chi connectivity index (χ0) is 22.3. The zero-order valence-corrected chi connectivity index (χ0v) is 17.9. The van der Waals surface area contributed by atoms with E-state index in [9.17, 15) is 19.7 Å². The summed E-state index contributed by atoms with van der Waals surface area (Å²) in [5.41, 5.74) is 3.65. The van der Waals surface area contributed by atoms with Crippen LogP contribution in [0.1, 0.15) is 36.5 Å². The topological polar surface area (TPSA) is 83.8 Å². The minimum atomic E-state index is -0.477. The van der Waals surface area contributed by atoms with Gasteiger partial charge in [0.1, 0.15) is 5.70 Å². The number of amides is 2. The van der Waals surface area contributed by atoms with Crippen molar-refractivity contribution in [2.45, 2.75) is 33.6 Å². The molecule has 2 aromatic rings. The van der Waals surface area contributed by atoms with Gasteiger partial charge in [0, 0.05) is 25.2 Å². The lowest BCUT2D eigenvalue weighted by Gasteiger charge is -2.33. The number of imide groups is 1. The van der Waals surface area contributed by atoms with Gasteiger partial charge in [0.15, 0.2) is 0 Å². The number of nitro groups is 1. The summed E-state index contributed by atoms with van der Waals surface area (Å²) < 4.78 is 0. The number of piperidine rings is 1. The van der Waals surface area contributed by atoms with Gasteiger partial charge in [-0.25, -0.2) is 4.90 Å². The molecule has 1 saturated heterocycles. The molecule has 2 aromatic carbocycles. The highest BCUT2D eigenvalue weighted by molar-refractivity contribution is 6.45. The van der Waals surface area contributed by atoms with Crippen molar-refractivity contribution in [3.05, 3.63) is 75.0 Å². The summed E-state index contributed by atoms with van der Waals surface area (Å²) in [4.78, 5) is 41.0. The van der Waals surface area contributed by atoms with E-state index in [1.54, 1.807) is 12.1 Å². The highest BCUT2D eigenvalue weighted by Crippen LogP contribution is 2.37. The fourth-order valence-electron chi connectivity index (χ4n) is 4.53. The van der Waals surface area contributed by atoms with E-state index in [1.165, 1.54) is 17.0 Å². The molecule has 0 saturated carbocycles. The monoisotopic (exact) mass is 419 g/mol. The molecule has 7 heteroatoms. The second-order valence-corrected chi connectivity index (χ2v) is 8.51. The summed E-state index contributed by atoms with van der Waals surface area (Å²) in [5.74, 6) is -0.313. The van der Waals surface area contributed by atoms with Gasteiger partial charge in [-0.1, -0.05) is 13.0 Å². The van der Waals surface area contributed by atoms with Crippen molar-refractivity contribution in [2.24, 2.45) is 5.92 Å². The van der Waals surface area contributed by atoms with E-state index in [1.807, 2.05) is 36.9 Å². The molecular weight excluding hydrogens is 394 g/mol. The molecule has 0 N–H and O–H groups in total. The van der Waals surface area contributed by atoms with Gasteiger partial charge < -0.3 is 4.90 Å². The first kappa shape index (κ1) is 20.8. The Labute approximate surface area is 181 Å². The molecule has 2 aliphatic heterocycles. The molecule has 2 heterocycles. The molecule has 0 spiro atoms. The Hall–Kier alpha value is -3.48. The van der Waals surface area contributed by atoms with Crippen molar-refractivity contribution in [3.63, 3.8) is 0 Å². The van der Waals surface area contributed by atoms with Crippen molar-refractivity contribution >= 4 is 28.8 Å². The van der Waals surface area contributed by atoms with Crippen LogP contribution in [-0.2, 0) is 9.59 Å². The molecule has 4 rings (SSSR count). The van der Waals surface area contributed by atoms with E-state index in [2.05, 4.69) is 6.92 Å². The Balaban J connectivity index is 1.83. The van der Waals surface area contributed by atoms with E-state index < -0.39 is 10.8 Å². The Bertz CT molecular complexity index is 1080. The summed E-state index contributed by atoms with van der Waals surface area (Å²) >= 11 is 0. The third-order valence-electron chi connectivity index (χ3n) is 5.86. The van der Waals surface area contributed by atoms with E-state index in [-0.39, 0.29) is 11.6 Å². The molecule has 0 bridgehead atoms. The van der Waals surface area contributed by atoms with Crippen molar-refractivity contribution < 1.29 is 14.5 Å². The van der Waals surface area contributed by atoms with Gasteiger partial charge in [-0.05, 0) is 73.6 Å². The first-order valence-corrected chi connectivity index (χ1v) is 10.5. The number of hydrogen-bond donors (Lipinski definition) is 0. The Kier molecular flexibility index (Phi) is 5.35. The molecule has 1 atom stereocenters. The fourth-order valence-corrected chi connectivity index (χ4v) is 4.53. The maximum absolute atomic E-state index is 13.6. The highest BCUT2D eigenvalue weighted by Gasteiger charge is 2.43. The maximum Gasteiger partial charge on any atom is 0.282 e. The van der Waals surface area contributed by atoms with Crippen LogP contribution in [0.15, 0.2) is 48.2 Å². The molecule has 0 radical (unpaired) electrons. The van der Waals surface area contributed by atoms with Gasteiger partial charge in [-0.15, -0.1) is 0 Å². The van der Waals surface area contributed by atoms with Gasteiger partial charge >= 0.3 is 0 Å². The number of hydrogen-bond acceptors (Lipinski definition) is 5. The molecule has 2 amide bonds. The summed E-state index contributed by atoms with van der Waals surface area (Å²) in [7, 11) is 0. The van der Waals surface area contributed by atoms with E-state index in [0.717, 1.165) is 24.0 Å². The summed E-state index contributed by atoms with van der Waals surface area (Å²) in [6.45, 7) is 7.40. The van der Waals surface area contributed by atoms with Crippen LogP contribution >= 0.6 is 0 Å². The van der Waals surface area contributed by atoms with Crippen molar-refractivity contribution in [2.75, 3.05) is 18.0 Å². The third kappa shape index (κ3) is 3.83. The molecule has 0 aromatic heterocycles. The number of non-ortho nitro benzene ring substituents is 1. The van der Waals surface area contributed by atoms with Gasteiger partial charge in [-0.3, -0.25) is 19.7 Å². The Morgan fingerprint density at radius 1 is 1.00 bits per heavy atom. The minimum Gasteiger partial charge on any atom is -0.366 e. The molecule has 31 heavy (non-hydrogen) atoms. The summed E-state index contributed by atoms with van der Waals surface area (Å²) in [6.07, 6.45) is 2.03. The quantitative estimate of drug-likeness (QED) is 0.421. The predicted molar refractivity (Wildman–Crippen MR) is 118 cm³/mol. The van der Waals surface area contributed by atoms with Crippen molar-refractivity contribution in [3.8, 4) is 0 Å².